The molecule has 0 saturated carbocycles. The lowest BCUT2D eigenvalue weighted by Crippen LogP contribution is -2.37. The van der Waals surface area contributed by atoms with Crippen LogP contribution in [0.15, 0.2) is 12.1 Å². The molecule has 0 aromatic carbocycles. The standard InChI is InChI=1S/C9H13ClN2O2S/c1-12-9(5(11)4-8(13)14)6-2-3-7(10)15-6/h2-3,5,9,12H,4,11H2,1H3,(H,13,14). The second-order valence-corrected chi connectivity index (χ2v) is 4.92. The van der Waals surface area contributed by atoms with Crippen molar-refractivity contribution < 1.29 is 9.90 Å². The Morgan fingerprint density at radius 2 is 2.40 bits per heavy atom. The van der Waals surface area contributed by atoms with E-state index >= 15 is 0 Å². The van der Waals surface area contributed by atoms with Crippen molar-refractivity contribution in [3.05, 3.63) is 21.3 Å². The minimum absolute atomic E-state index is 0.0684. The summed E-state index contributed by atoms with van der Waals surface area (Å²) >= 11 is 7.21. The van der Waals surface area contributed by atoms with Crippen molar-refractivity contribution >= 4 is 28.9 Å². The third-order valence-electron chi connectivity index (χ3n) is 2.05. The summed E-state index contributed by atoms with van der Waals surface area (Å²) < 4.78 is 0.674. The van der Waals surface area contributed by atoms with E-state index in [0.717, 1.165) is 4.88 Å². The van der Waals surface area contributed by atoms with Gasteiger partial charge in [0.05, 0.1) is 16.8 Å². The van der Waals surface area contributed by atoms with Crippen molar-refractivity contribution in [3.63, 3.8) is 0 Å². The molecule has 15 heavy (non-hydrogen) atoms. The van der Waals surface area contributed by atoms with Crippen molar-refractivity contribution in [3.8, 4) is 0 Å². The Bertz CT molecular complexity index is 343. The Morgan fingerprint density at radius 1 is 1.73 bits per heavy atom. The smallest absolute Gasteiger partial charge is 0.304 e. The van der Waals surface area contributed by atoms with Crippen molar-refractivity contribution in [2.24, 2.45) is 5.73 Å². The molecule has 4 N–H and O–H groups in total. The third-order valence-corrected chi connectivity index (χ3v) is 3.36. The maximum atomic E-state index is 10.5. The number of aliphatic carboxylic acids is 1. The Balaban J connectivity index is 2.74. The molecule has 0 amide bonds. The fourth-order valence-electron chi connectivity index (χ4n) is 1.38. The molecule has 1 heterocycles. The van der Waals surface area contributed by atoms with Gasteiger partial charge in [0, 0.05) is 10.9 Å². The Hall–Kier alpha value is -0.620. The van der Waals surface area contributed by atoms with Gasteiger partial charge in [0.25, 0.3) is 0 Å². The first kappa shape index (κ1) is 12.4. The van der Waals surface area contributed by atoms with E-state index in [9.17, 15) is 4.79 Å². The zero-order valence-electron chi connectivity index (χ0n) is 8.24. The second-order valence-electron chi connectivity index (χ2n) is 3.17. The number of carboxylic acid groups (broad SMARTS) is 1. The lowest BCUT2D eigenvalue weighted by molar-refractivity contribution is -0.137. The van der Waals surface area contributed by atoms with Crippen LogP contribution in [0.2, 0.25) is 4.34 Å². The molecule has 0 bridgehead atoms. The van der Waals surface area contributed by atoms with Crippen LogP contribution in [0.3, 0.4) is 0 Å². The minimum Gasteiger partial charge on any atom is -0.481 e. The predicted molar refractivity (Wildman–Crippen MR) is 61.4 cm³/mol. The fourth-order valence-corrected chi connectivity index (χ4v) is 2.63. The van der Waals surface area contributed by atoms with E-state index in [1.165, 1.54) is 11.3 Å². The van der Waals surface area contributed by atoms with Crippen molar-refractivity contribution in [1.82, 2.24) is 5.32 Å². The van der Waals surface area contributed by atoms with Crippen LogP contribution in [-0.2, 0) is 4.79 Å². The zero-order valence-corrected chi connectivity index (χ0v) is 9.81. The summed E-state index contributed by atoms with van der Waals surface area (Å²) in [6.45, 7) is 0. The first-order chi connectivity index (χ1) is 7.04. The molecule has 2 atom stereocenters. The van der Waals surface area contributed by atoms with Crippen LogP contribution in [0.4, 0.5) is 0 Å². The highest BCUT2D eigenvalue weighted by Gasteiger charge is 2.21. The Labute approximate surface area is 97.0 Å². The third kappa shape index (κ3) is 3.46. The quantitative estimate of drug-likeness (QED) is 0.738. The van der Waals surface area contributed by atoms with Gasteiger partial charge in [-0.3, -0.25) is 4.79 Å². The molecule has 4 nitrogen and oxygen atoms in total. The number of nitrogens with two attached hydrogens (primary N) is 1. The van der Waals surface area contributed by atoms with Gasteiger partial charge < -0.3 is 16.2 Å². The number of carboxylic acids is 1. The monoisotopic (exact) mass is 248 g/mol. The van der Waals surface area contributed by atoms with Gasteiger partial charge >= 0.3 is 5.97 Å². The van der Waals surface area contributed by atoms with Gasteiger partial charge in [0.2, 0.25) is 0 Å². The van der Waals surface area contributed by atoms with Crippen molar-refractivity contribution in [2.45, 2.75) is 18.5 Å². The van der Waals surface area contributed by atoms with Crippen LogP contribution in [0.1, 0.15) is 17.3 Å². The van der Waals surface area contributed by atoms with Gasteiger partial charge in [-0.05, 0) is 19.2 Å². The van der Waals surface area contributed by atoms with Gasteiger partial charge in [-0.1, -0.05) is 11.6 Å². The molecule has 0 aliphatic rings. The second kappa shape index (κ2) is 5.46. The van der Waals surface area contributed by atoms with Gasteiger partial charge in [-0.2, -0.15) is 0 Å². The van der Waals surface area contributed by atoms with E-state index < -0.39 is 12.0 Å². The largest absolute Gasteiger partial charge is 0.481 e. The summed E-state index contributed by atoms with van der Waals surface area (Å²) in [5.41, 5.74) is 5.79. The van der Waals surface area contributed by atoms with Crippen LogP contribution in [0.25, 0.3) is 0 Å². The van der Waals surface area contributed by atoms with E-state index in [1.54, 1.807) is 13.1 Å². The number of thiophene rings is 1. The number of nitrogens with one attached hydrogen (secondary N) is 1. The van der Waals surface area contributed by atoms with Crippen molar-refractivity contribution in [2.75, 3.05) is 7.05 Å². The summed E-state index contributed by atoms with van der Waals surface area (Å²) in [6, 6.07) is 3.01. The summed E-state index contributed by atoms with van der Waals surface area (Å²) in [6.07, 6.45) is -0.0684. The van der Waals surface area contributed by atoms with Gasteiger partial charge in [0.1, 0.15) is 0 Å². The molecule has 0 aliphatic heterocycles. The number of rotatable bonds is 5. The molecule has 0 fully saturated rings. The zero-order chi connectivity index (χ0) is 11.4. The predicted octanol–water partition coefficient (Wildman–Crippen LogP) is 1.46. The molecular formula is C9H13ClN2O2S. The average Bonchev–Trinajstić information content (AvgIpc) is 2.51. The van der Waals surface area contributed by atoms with Gasteiger partial charge in [-0.25, -0.2) is 0 Å². The van der Waals surface area contributed by atoms with E-state index in [2.05, 4.69) is 5.32 Å². The molecule has 0 radical (unpaired) electrons. The van der Waals surface area contributed by atoms with E-state index in [1.807, 2.05) is 6.07 Å². The van der Waals surface area contributed by atoms with Crippen LogP contribution >= 0.6 is 22.9 Å². The average molecular weight is 249 g/mol. The number of carbonyl (C=O) groups is 1. The van der Waals surface area contributed by atoms with Crippen LogP contribution < -0.4 is 11.1 Å². The summed E-state index contributed by atoms with van der Waals surface area (Å²) in [7, 11) is 1.75. The highest BCUT2D eigenvalue weighted by Crippen LogP contribution is 2.28. The van der Waals surface area contributed by atoms with Crippen LogP contribution in [0.5, 0.6) is 0 Å². The van der Waals surface area contributed by atoms with E-state index in [4.69, 9.17) is 22.4 Å². The summed E-state index contributed by atoms with van der Waals surface area (Å²) in [4.78, 5) is 11.5. The topological polar surface area (TPSA) is 75.3 Å². The molecule has 6 heteroatoms. The molecule has 0 aliphatic carbocycles. The first-order valence-electron chi connectivity index (χ1n) is 4.44. The summed E-state index contributed by atoms with van der Waals surface area (Å²) in [5.74, 6) is -0.898. The lowest BCUT2D eigenvalue weighted by Gasteiger charge is -2.20. The molecule has 0 saturated heterocycles. The molecular weight excluding hydrogens is 236 g/mol. The van der Waals surface area contributed by atoms with Crippen LogP contribution in [-0.4, -0.2) is 24.2 Å². The Kier molecular flexibility index (Phi) is 4.53. The minimum atomic E-state index is -0.898. The number of hydrogen-bond donors (Lipinski definition) is 3. The molecule has 2 unspecified atom stereocenters. The molecule has 1 rings (SSSR count). The highest BCUT2D eigenvalue weighted by atomic mass is 35.5. The number of hydrogen-bond acceptors (Lipinski definition) is 4. The van der Waals surface area contributed by atoms with Crippen molar-refractivity contribution in [1.29, 1.82) is 0 Å². The lowest BCUT2D eigenvalue weighted by atomic mass is 10.0. The normalized spacial score (nSPS) is 14.9. The number of likely N-dealkylation sites (N-methyl/N-ethyl adjacent to an activating group) is 1. The molecule has 1 aromatic rings. The molecule has 84 valence electrons. The van der Waals surface area contributed by atoms with Gasteiger partial charge in [-0.15, -0.1) is 11.3 Å². The molecule has 1 aromatic heterocycles. The van der Waals surface area contributed by atoms with Crippen LogP contribution in [0, 0.1) is 0 Å². The Morgan fingerprint density at radius 3 is 2.80 bits per heavy atom. The van der Waals surface area contributed by atoms with E-state index in [0.29, 0.717) is 4.34 Å². The summed E-state index contributed by atoms with van der Waals surface area (Å²) in [5, 5.41) is 11.7. The highest BCUT2D eigenvalue weighted by molar-refractivity contribution is 7.16. The maximum absolute atomic E-state index is 10.5. The first-order valence-corrected chi connectivity index (χ1v) is 5.64. The molecule has 0 spiro atoms. The van der Waals surface area contributed by atoms with Gasteiger partial charge in [0.15, 0.2) is 0 Å². The maximum Gasteiger partial charge on any atom is 0.304 e. The number of halogens is 1. The SMILES string of the molecule is CNC(c1ccc(Cl)s1)C(N)CC(=O)O. The fraction of sp³-hybridized carbons (Fsp3) is 0.444. The van der Waals surface area contributed by atoms with E-state index in [-0.39, 0.29) is 12.5 Å².